The molecule has 26 heavy (non-hydrogen) atoms. The van der Waals surface area contributed by atoms with E-state index >= 15 is 0 Å². The molecule has 0 amide bonds. The van der Waals surface area contributed by atoms with Gasteiger partial charge in [-0.25, -0.2) is 4.68 Å². The molecule has 5 nitrogen and oxygen atoms in total. The molecular formula is C20H29N3O2S. The van der Waals surface area contributed by atoms with Gasteiger partial charge in [0, 0.05) is 22.7 Å². The molecule has 0 aliphatic rings. The van der Waals surface area contributed by atoms with Gasteiger partial charge in [-0.1, -0.05) is 13.3 Å². The number of ether oxygens (including phenoxy) is 2. The van der Waals surface area contributed by atoms with Gasteiger partial charge in [0.15, 0.2) is 0 Å². The van der Waals surface area contributed by atoms with Crippen LogP contribution in [0.3, 0.4) is 0 Å². The number of unbranched alkanes of at least 4 members (excludes halogenated alkanes) is 1. The molecule has 0 bridgehead atoms. The van der Waals surface area contributed by atoms with Gasteiger partial charge >= 0.3 is 0 Å². The molecule has 0 atom stereocenters. The number of hydrogen-bond donors (Lipinski definition) is 0. The molecule has 6 heteroatoms. The zero-order valence-corrected chi connectivity index (χ0v) is 17.4. The molecule has 0 unspecified atom stereocenters. The van der Waals surface area contributed by atoms with E-state index in [-0.39, 0.29) is 6.04 Å². The second-order valence-electron chi connectivity index (χ2n) is 6.44. The molecule has 0 saturated carbocycles. The lowest BCUT2D eigenvalue weighted by molar-refractivity contribution is 0.404. The Labute approximate surface area is 160 Å². The summed E-state index contributed by atoms with van der Waals surface area (Å²) < 4.78 is 12.9. The molecule has 0 aliphatic carbocycles. The Balaban J connectivity index is 2.65. The van der Waals surface area contributed by atoms with Crippen LogP contribution in [-0.4, -0.2) is 30.6 Å². The fourth-order valence-electron chi connectivity index (χ4n) is 2.56. The number of benzene rings is 1. The number of hydrogen-bond acceptors (Lipinski definition) is 5. The number of methoxy groups -OCH3 is 2. The van der Waals surface area contributed by atoms with Gasteiger partial charge in [0.05, 0.1) is 19.9 Å². The minimum Gasteiger partial charge on any atom is -0.497 e. The average molecular weight is 376 g/mol. The van der Waals surface area contributed by atoms with Gasteiger partial charge in [0.25, 0.3) is 0 Å². The van der Waals surface area contributed by atoms with Crippen LogP contribution in [0.4, 0.5) is 0 Å². The Hall–Kier alpha value is -2.08. The van der Waals surface area contributed by atoms with Crippen LogP contribution in [0.25, 0.3) is 11.3 Å². The van der Waals surface area contributed by atoms with Gasteiger partial charge in [-0.05, 0) is 51.8 Å². The van der Waals surface area contributed by atoms with Crippen LogP contribution >= 0.6 is 11.3 Å². The van der Waals surface area contributed by atoms with Crippen molar-refractivity contribution in [1.29, 1.82) is 0 Å². The van der Waals surface area contributed by atoms with Crippen LogP contribution in [-0.2, 0) is 0 Å². The lowest BCUT2D eigenvalue weighted by atomic mass is 10.1. The third-order valence-corrected chi connectivity index (χ3v) is 4.73. The number of nitrogens with zero attached hydrogens (tertiary/aromatic N) is 3. The Morgan fingerprint density at radius 2 is 2.00 bits per heavy atom. The molecule has 2 rings (SSSR count). The molecule has 0 N–H and O–H groups in total. The van der Waals surface area contributed by atoms with E-state index in [4.69, 9.17) is 19.6 Å². The van der Waals surface area contributed by atoms with Crippen molar-refractivity contribution in [2.45, 2.75) is 53.0 Å². The fourth-order valence-corrected chi connectivity index (χ4v) is 3.51. The molecule has 0 radical (unpaired) electrons. The maximum absolute atomic E-state index is 5.57. The predicted octanol–water partition coefficient (Wildman–Crippen LogP) is 4.96. The van der Waals surface area contributed by atoms with Gasteiger partial charge in [-0.3, -0.25) is 4.99 Å². The fraction of sp³-hybridized carbons (Fsp3) is 0.500. The summed E-state index contributed by atoms with van der Waals surface area (Å²) in [5, 5.41) is 6.95. The highest BCUT2D eigenvalue weighted by Crippen LogP contribution is 2.33. The van der Waals surface area contributed by atoms with E-state index in [1.165, 1.54) is 0 Å². The van der Waals surface area contributed by atoms with Crippen LogP contribution in [0, 0.1) is 0 Å². The van der Waals surface area contributed by atoms with Crippen LogP contribution in [0.5, 0.6) is 11.5 Å². The van der Waals surface area contributed by atoms with Crippen LogP contribution in [0.2, 0.25) is 0 Å². The molecular weight excluding hydrogens is 346 g/mol. The van der Waals surface area contributed by atoms with Crippen molar-refractivity contribution in [1.82, 2.24) is 4.68 Å². The molecule has 0 spiro atoms. The minimum absolute atomic E-state index is 0.200. The third kappa shape index (κ3) is 4.97. The molecule has 0 saturated heterocycles. The average Bonchev–Trinajstić information content (AvgIpc) is 3.00. The Morgan fingerprint density at radius 3 is 2.62 bits per heavy atom. The van der Waals surface area contributed by atoms with Crippen molar-refractivity contribution in [2.24, 2.45) is 10.1 Å². The predicted molar refractivity (Wildman–Crippen MR) is 110 cm³/mol. The maximum Gasteiger partial charge on any atom is 0.206 e. The van der Waals surface area contributed by atoms with Crippen molar-refractivity contribution < 1.29 is 9.47 Å². The Kier molecular flexibility index (Phi) is 7.45. The van der Waals surface area contributed by atoms with E-state index in [1.54, 1.807) is 25.6 Å². The summed E-state index contributed by atoms with van der Waals surface area (Å²) in [6, 6.07) is 6.00. The zero-order chi connectivity index (χ0) is 19.1. The zero-order valence-electron chi connectivity index (χ0n) is 16.6. The molecule has 142 valence electrons. The van der Waals surface area contributed by atoms with Crippen molar-refractivity contribution >= 4 is 17.0 Å². The molecule has 1 aromatic heterocycles. The summed E-state index contributed by atoms with van der Waals surface area (Å²) in [5.74, 6) is 1.57. The largest absolute Gasteiger partial charge is 0.497 e. The second kappa shape index (κ2) is 9.57. The lowest BCUT2D eigenvalue weighted by Gasteiger charge is -2.12. The standard InChI is InChI=1S/C20H29N3O2S/c1-7-8-9-15(4)22-23-18(13-26-20(23)21-14(2)3)17-12-16(24-5)10-11-19(17)25-6/h10-14H,7-9H2,1-6H3. The van der Waals surface area contributed by atoms with Gasteiger partial charge in [0.2, 0.25) is 4.80 Å². The third-order valence-electron chi connectivity index (χ3n) is 3.90. The van der Waals surface area contributed by atoms with E-state index in [1.807, 2.05) is 22.9 Å². The van der Waals surface area contributed by atoms with Crippen LogP contribution in [0.1, 0.15) is 47.0 Å². The van der Waals surface area contributed by atoms with Crippen LogP contribution < -0.4 is 14.3 Å². The van der Waals surface area contributed by atoms with E-state index in [9.17, 15) is 0 Å². The topological polar surface area (TPSA) is 48.1 Å². The molecule has 0 aliphatic heterocycles. The first-order valence-corrected chi connectivity index (χ1v) is 9.89. The highest BCUT2D eigenvalue weighted by molar-refractivity contribution is 7.07. The molecule has 1 aromatic carbocycles. The normalized spacial score (nSPS) is 12.7. The van der Waals surface area contributed by atoms with E-state index in [2.05, 4.69) is 33.1 Å². The lowest BCUT2D eigenvalue weighted by Crippen LogP contribution is -2.16. The minimum atomic E-state index is 0.200. The summed E-state index contributed by atoms with van der Waals surface area (Å²) >= 11 is 1.59. The highest BCUT2D eigenvalue weighted by Gasteiger charge is 2.14. The SMILES string of the molecule is CCCCC(C)=Nn1c(-c2cc(OC)ccc2OC)csc1=NC(C)C. The first-order chi connectivity index (χ1) is 12.5. The number of aromatic nitrogens is 1. The maximum atomic E-state index is 5.57. The first-order valence-electron chi connectivity index (χ1n) is 9.01. The summed E-state index contributed by atoms with van der Waals surface area (Å²) in [6.07, 6.45) is 3.27. The van der Waals surface area contributed by atoms with E-state index < -0.39 is 0 Å². The second-order valence-corrected chi connectivity index (χ2v) is 7.28. The van der Waals surface area contributed by atoms with Gasteiger partial charge in [-0.2, -0.15) is 5.10 Å². The summed E-state index contributed by atoms with van der Waals surface area (Å²) in [5.41, 5.74) is 3.00. The number of rotatable bonds is 8. The summed E-state index contributed by atoms with van der Waals surface area (Å²) in [4.78, 5) is 5.62. The smallest absolute Gasteiger partial charge is 0.206 e. The van der Waals surface area contributed by atoms with E-state index in [0.717, 1.165) is 52.5 Å². The van der Waals surface area contributed by atoms with Gasteiger partial charge in [-0.15, -0.1) is 11.3 Å². The monoisotopic (exact) mass is 375 g/mol. The summed E-state index contributed by atoms with van der Waals surface area (Å²) in [6.45, 7) is 8.41. The van der Waals surface area contributed by atoms with Crippen molar-refractivity contribution in [2.75, 3.05) is 14.2 Å². The molecule has 1 heterocycles. The number of thiazole rings is 1. The Bertz CT molecular complexity index is 819. The van der Waals surface area contributed by atoms with Crippen molar-refractivity contribution in [3.8, 4) is 22.8 Å². The summed E-state index contributed by atoms with van der Waals surface area (Å²) in [7, 11) is 3.34. The van der Waals surface area contributed by atoms with Crippen molar-refractivity contribution in [3.63, 3.8) is 0 Å². The van der Waals surface area contributed by atoms with Crippen LogP contribution in [0.15, 0.2) is 33.7 Å². The molecule has 0 fully saturated rings. The van der Waals surface area contributed by atoms with E-state index in [0.29, 0.717) is 0 Å². The van der Waals surface area contributed by atoms with Gasteiger partial charge < -0.3 is 9.47 Å². The quantitative estimate of drug-likeness (QED) is 0.613. The molecule has 2 aromatic rings. The first kappa shape index (κ1) is 20.2. The van der Waals surface area contributed by atoms with Gasteiger partial charge in [0.1, 0.15) is 11.5 Å². The van der Waals surface area contributed by atoms with Crippen molar-refractivity contribution in [3.05, 3.63) is 28.4 Å². The Morgan fingerprint density at radius 1 is 1.23 bits per heavy atom. The highest BCUT2D eigenvalue weighted by atomic mass is 32.1.